The first-order valence-corrected chi connectivity index (χ1v) is 8.28. The molecule has 0 saturated heterocycles. The smallest absolute Gasteiger partial charge is 0.217 e. The summed E-state index contributed by atoms with van der Waals surface area (Å²) in [6.07, 6.45) is 3.54. The van der Waals surface area contributed by atoms with Gasteiger partial charge in [-0.1, -0.05) is 6.07 Å². The van der Waals surface area contributed by atoms with Gasteiger partial charge in [-0.15, -0.1) is 11.3 Å². The first-order chi connectivity index (χ1) is 11.6. The molecule has 0 radical (unpaired) electrons. The molecule has 3 heterocycles. The number of carbonyl (C=O) groups excluding carboxylic acids is 1. The maximum atomic E-state index is 11.0. The molecule has 0 aromatic carbocycles. The lowest BCUT2D eigenvalue weighted by atomic mass is 10.3. The van der Waals surface area contributed by atoms with Crippen LogP contribution in [0.25, 0.3) is 10.6 Å². The van der Waals surface area contributed by atoms with Crippen LogP contribution >= 0.6 is 11.3 Å². The lowest BCUT2D eigenvalue weighted by Gasteiger charge is -2.06. The number of anilines is 2. The van der Waals surface area contributed by atoms with Crippen LogP contribution in [0.3, 0.4) is 0 Å². The van der Waals surface area contributed by atoms with Crippen LogP contribution in [0.5, 0.6) is 0 Å². The Morgan fingerprint density at radius 3 is 2.88 bits per heavy atom. The molecule has 0 saturated carbocycles. The largest absolute Gasteiger partial charge is 0.350 e. The Morgan fingerprint density at radius 2 is 2.08 bits per heavy atom. The van der Waals surface area contributed by atoms with E-state index >= 15 is 0 Å². The number of aromatic nitrogens is 3. The predicted molar refractivity (Wildman–Crippen MR) is 95.1 cm³/mol. The van der Waals surface area contributed by atoms with Gasteiger partial charge in [0, 0.05) is 19.3 Å². The highest BCUT2D eigenvalue weighted by atomic mass is 32.1. The summed E-state index contributed by atoms with van der Waals surface area (Å²) in [5.41, 5.74) is 1.97. The van der Waals surface area contributed by atoms with Gasteiger partial charge in [0.25, 0.3) is 0 Å². The normalized spacial score (nSPS) is 10.4. The van der Waals surface area contributed by atoms with Gasteiger partial charge in [-0.2, -0.15) is 0 Å². The zero-order valence-corrected chi connectivity index (χ0v) is 14.2. The van der Waals surface area contributed by atoms with E-state index in [-0.39, 0.29) is 5.91 Å². The lowest BCUT2D eigenvalue weighted by Crippen LogP contribution is -2.18. The van der Waals surface area contributed by atoms with E-state index in [0.29, 0.717) is 6.54 Å². The maximum absolute atomic E-state index is 11.0. The van der Waals surface area contributed by atoms with Crippen LogP contribution in [0.1, 0.15) is 17.5 Å². The number of rotatable bonds is 5. The highest BCUT2D eigenvalue weighted by Gasteiger charge is 2.07. The Balaban J connectivity index is 1.76. The SMILES string of the molecule is CC(=O)NCc1ncc(-c2cccc(Nc3cc(C)ccn3)n2)s1. The van der Waals surface area contributed by atoms with Crippen molar-refractivity contribution in [3.8, 4) is 10.6 Å². The third-order valence-corrected chi connectivity index (χ3v) is 4.24. The van der Waals surface area contributed by atoms with Gasteiger partial charge in [0.15, 0.2) is 0 Å². The molecule has 7 heteroatoms. The van der Waals surface area contributed by atoms with Crippen molar-refractivity contribution in [2.45, 2.75) is 20.4 Å². The average molecular weight is 339 g/mol. The average Bonchev–Trinajstić information content (AvgIpc) is 3.02. The molecule has 3 aromatic heterocycles. The maximum Gasteiger partial charge on any atom is 0.217 e. The Hall–Kier alpha value is -2.80. The molecular weight excluding hydrogens is 322 g/mol. The molecule has 0 bridgehead atoms. The molecule has 0 aliphatic carbocycles. The molecule has 0 atom stereocenters. The Labute approximate surface area is 144 Å². The van der Waals surface area contributed by atoms with Gasteiger partial charge >= 0.3 is 0 Å². The molecule has 3 rings (SSSR count). The van der Waals surface area contributed by atoms with Crippen molar-refractivity contribution in [3.63, 3.8) is 0 Å². The van der Waals surface area contributed by atoms with Crippen LogP contribution in [-0.4, -0.2) is 20.9 Å². The molecule has 0 aliphatic rings. The quantitative estimate of drug-likeness (QED) is 0.745. The zero-order valence-electron chi connectivity index (χ0n) is 13.4. The molecule has 0 unspecified atom stereocenters. The van der Waals surface area contributed by atoms with Crippen molar-refractivity contribution in [2.24, 2.45) is 0 Å². The number of hydrogen-bond acceptors (Lipinski definition) is 6. The van der Waals surface area contributed by atoms with E-state index in [1.165, 1.54) is 18.3 Å². The Morgan fingerprint density at radius 1 is 1.21 bits per heavy atom. The molecule has 3 aromatic rings. The summed E-state index contributed by atoms with van der Waals surface area (Å²) in [6, 6.07) is 9.68. The highest BCUT2D eigenvalue weighted by molar-refractivity contribution is 7.15. The summed E-state index contributed by atoms with van der Waals surface area (Å²) in [4.78, 5) is 25.1. The molecular formula is C17H17N5OS. The highest BCUT2D eigenvalue weighted by Crippen LogP contribution is 2.26. The fourth-order valence-corrected chi connectivity index (χ4v) is 2.92. The number of nitrogens with zero attached hydrogens (tertiary/aromatic N) is 3. The number of pyridine rings is 2. The molecule has 0 fully saturated rings. The fourth-order valence-electron chi connectivity index (χ4n) is 2.09. The summed E-state index contributed by atoms with van der Waals surface area (Å²) in [7, 11) is 0. The number of amides is 1. The van der Waals surface area contributed by atoms with Crippen molar-refractivity contribution in [2.75, 3.05) is 5.32 Å². The van der Waals surface area contributed by atoms with E-state index in [9.17, 15) is 4.79 Å². The second-order valence-electron chi connectivity index (χ2n) is 5.28. The first kappa shape index (κ1) is 16.1. The molecule has 1 amide bonds. The number of hydrogen-bond donors (Lipinski definition) is 2. The summed E-state index contributed by atoms with van der Waals surface area (Å²) in [5.74, 6) is 1.42. The van der Waals surface area contributed by atoms with E-state index in [2.05, 4.69) is 25.6 Å². The van der Waals surface area contributed by atoms with Crippen LogP contribution in [0, 0.1) is 6.92 Å². The van der Waals surface area contributed by atoms with Crippen molar-refractivity contribution in [1.29, 1.82) is 0 Å². The standard InChI is InChI=1S/C17H17N5OS/c1-11-6-7-18-16(8-11)22-15-5-3-4-13(21-15)14-9-20-17(24-14)10-19-12(2)23/h3-9H,10H2,1-2H3,(H,19,23)(H,18,21,22). The van der Waals surface area contributed by atoms with Gasteiger partial charge in [-0.3, -0.25) is 4.79 Å². The Kier molecular flexibility index (Phi) is 4.81. The molecule has 0 aliphatic heterocycles. The van der Waals surface area contributed by atoms with Gasteiger partial charge in [-0.25, -0.2) is 15.0 Å². The summed E-state index contributed by atoms with van der Waals surface area (Å²) in [5, 5.41) is 6.80. The molecule has 0 spiro atoms. The van der Waals surface area contributed by atoms with Gasteiger partial charge in [-0.05, 0) is 36.8 Å². The van der Waals surface area contributed by atoms with Crippen molar-refractivity contribution >= 4 is 28.9 Å². The molecule has 6 nitrogen and oxygen atoms in total. The number of nitrogens with one attached hydrogen (secondary N) is 2. The van der Waals surface area contributed by atoms with Crippen molar-refractivity contribution < 1.29 is 4.79 Å². The molecule has 2 N–H and O–H groups in total. The number of thiazole rings is 1. The number of carbonyl (C=O) groups is 1. The monoisotopic (exact) mass is 339 g/mol. The zero-order chi connectivity index (χ0) is 16.9. The van der Waals surface area contributed by atoms with Gasteiger partial charge in [0.2, 0.25) is 5.91 Å². The van der Waals surface area contributed by atoms with Gasteiger partial charge in [0.1, 0.15) is 16.6 Å². The first-order valence-electron chi connectivity index (χ1n) is 7.46. The minimum atomic E-state index is -0.0678. The third kappa shape index (κ3) is 4.14. The summed E-state index contributed by atoms with van der Waals surface area (Å²) < 4.78 is 0. The van der Waals surface area contributed by atoms with E-state index < -0.39 is 0 Å². The topological polar surface area (TPSA) is 79.8 Å². The van der Waals surface area contributed by atoms with Gasteiger partial charge in [0.05, 0.1) is 17.1 Å². The summed E-state index contributed by atoms with van der Waals surface area (Å²) >= 11 is 1.51. The minimum absolute atomic E-state index is 0.0678. The van der Waals surface area contributed by atoms with Crippen LogP contribution < -0.4 is 10.6 Å². The van der Waals surface area contributed by atoms with Crippen molar-refractivity contribution in [1.82, 2.24) is 20.3 Å². The molecule has 122 valence electrons. The Bertz CT molecular complexity index is 861. The van der Waals surface area contributed by atoms with Crippen LogP contribution in [-0.2, 0) is 11.3 Å². The van der Waals surface area contributed by atoms with Crippen LogP contribution in [0.15, 0.2) is 42.7 Å². The second kappa shape index (κ2) is 7.18. The van der Waals surface area contributed by atoms with E-state index in [0.717, 1.165) is 32.8 Å². The van der Waals surface area contributed by atoms with E-state index in [4.69, 9.17) is 0 Å². The molecule has 24 heavy (non-hydrogen) atoms. The lowest BCUT2D eigenvalue weighted by molar-refractivity contribution is -0.119. The van der Waals surface area contributed by atoms with E-state index in [1.807, 2.05) is 37.3 Å². The van der Waals surface area contributed by atoms with Crippen LogP contribution in [0.4, 0.5) is 11.6 Å². The van der Waals surface area contributed by atoms with Crippen molar-refractivity contribution in [3.05, 3.63) is 53.3 Å². The number of aryl methyl sites for hydroxylation is 1. The minimum Gasteiger partial charge on any atom is -0.350 e. The van der Waals surface area contributed by atoms with E-state index in [1.54, 1.807) is 12.4 Å². The predicted octanol–water partition coefficient (Wildman–Crippen LogP) is 3.29. The summed E-state index contributed by atoms with van der Waals surface area (Å²) in [6.45, 7) is 3.94. The second-order valence-corrected chi connectivity index (χ2v) is 6.39. The third-order valence-electron chi connectivity index (χ3n) is 3.22. The van der Waals surface area contributed by atoms with Crippen LogP contribution in [0.2, 0.25) is 0 Å². The van der Waals surface area contributed by atoms with Gasteiger partial charge < -0.3 is 10.6 Å². The fraction of sp³-hybridized carbons (Fsp3) is 0.176.